The van der Waals surface area contributed by atoms with Crippen molar-refractivity contribution in [2.24, 2.45) is 11.1 Å². The molecule has 8 heteroatoms. The zero-order chi connectivity index (χ0) is 27.0. The first-order valence-electron chi connectivity index (χ1n) is 12.7. The molecule has 4 N–H and O–H groups in total. The number of carbonyl (C=O) groups is 2. The van der Waals surface area contributed by atoms with Gasteiger partial charge in [0.15, 0.2) is 5.82 Å². The number of hydrogen-bond acceptors (Lipinski definition) is 6. The number of fused-ring (bicyclic) bond motifs is 1. The van der Waals surface area contributed by atoms with Crippen LogP contribution in [0.1, 0.15) is 69.2 Å². The summed E-state index contributed by atoms with van der Waals surface area (Å²) in [7, 11) is 0. The summed E-state index contributed by atoms with van der Waals surface area (Å²) in [5.74, 6) is 0.261. The van der Waals surface area contributed by atoms with Crippen LogP contribution >= 0.6 is 0 Å². The summed E-state index contributed by atoms with van der Waals surface area (Å²) in [6, 6.07) is 3.50. The number of aryl methyl sites for hydroxylation is 1. The third kappa shape index (κ3) is 6.39. The quantitative estimate of drug-likeness (QED) is 0.428. The SMILES string of the molecule is CC.CCC(=O)Nc1cnc(C)c(NC(=O)C2=CCC3(C)CCC(/C(=C/N)c4ncccn4)=CC3=C2)c1.[HH].[HH].[HH]. The fourth-order valence-corrected chi connectivity index (χ4v) is 4.29. The standard InChI is InChI=1S/C27H30N6O2.C2H6.3H2/c1-4-24(34)32-21-14-23(17(2)31-16-21)33-26(35)19-7-9-27(3)8-6-18(12-20(27)13-19)22(15-28)25-29-10-5-11-30-25;1-2;;;/h5,7,10-16H,4,6,8-9,28H2,1-3H3,(H,32,34)(H,33,35);1-2H3;3*1H/b22-15-;;;;. The summed E-state index contributed by atoms with van der Waals surface area (Å²) in [6.07, 6.45) is 15.5. The van der Waals surface area contributed by atoms with Crippen molar-refractivity contribution in [1.82, 2.24) is 15.0 Å². The van der Waals surface area contributed by atoms with Crippen molar-refractivity contribution in [2.75, 3.05) is 10.6 Å². The molecule has 0 bridgehead atoms. The smallest absolute Gasteiger partial charge is 0.255 e. The molecule has 37 heavy (non-hydrogen) atoms. The van der Waals surface area contributed by atoms with E-state index >= 15 is 0 Å². The Morgan fingerprint density at radius 3 is 2.57 bits per heavy atom. The molecule has 1 unspecified atom stereocenters. The largest absolute Gasteiger partial charge is 0.404 e. The highest BCUT2D eigenvalue weighted by Gasteiger charge is 2.34. The number of rotatable bonds is 6. The Morgan fingerprint density at radius 1 is 1.16 bits per heavy atom. The lowest BCUT2D eigenvalue weighted by Crippen LogP contribution is -2.27. The maximum absolute atomic E-state index is 13.2. The summed E-state index contributed by atoms with van der Waals surface area (Å²) in [5, 5.41) is 5.73. The van der Waals surface area contributed by atoms with Crippen LogP contribution in [-0.2, 0) is 9.59 Å². The predicted octanol–water partition coefficient (Wildman–Crippen LogP) is 6.21. The van der Waals surface area contributed by atoms with Crippen LogP contribution in [0.4, 0.5) is 11.4 Å². The van der Waals surface area contributed by atoms with Crippen LogP contribution in [0.25, 0.3) is 5.57 Å². The molecule has 2 amide bonds. The van der Waals surface area contributed by atoms with Crippen molar-refractivity contribution in [1.29, 1.82) is 0 Å². The molecule has 0 radical (unpaired) electrons. The second-order valence-electron chi connectivity index (χ2n) is 9.06. The minimum Gasteiger partial charge on any atom is -0.404 e. The fraction of sp³-hybridized carbons (Fsp3) is 0.345. The van der Waals surface area contributed by atoms with Gasteiger partial charge in [0.25, 0.3) is 5.91 Å². The molecular weight excluding hydrogens is 464 g/mol. The van der Waals surface area contributed by atoms with Crippen molar-refractivity contribution >= 4 is 28.8 Å². The van der Waals surface area contributed by atoms with Crippen LogP contribution < -0.4 is 16.4 Å². The summed E-state index contributed by atoms with van der Waals surface area (Å²) < 4.78 is 0. The average molecular weight is 507 g/mol. The number of pyridine rings is 1. The normalized spacial score (nSPS) is 18.7. The van der Waals surface area contributed by atoms with Gasteiger partial charge in [0, 0.05) is 40.4 Å². The van der Waals surface area contributed by atoms with Crippen molar-refractivity contribution < 1.29 is 13.9 Å². The number of nitrogens with one attached hydrogen (secondary N) is 2. The minimum atomic E-state index is -0.218. The average Bonchev–Trinajstić information content (AvgIpc) is 2.92. The van der Waals surface area contributed by atoms with E-state index in [-0.39, 0.29) is 21.5 Å². The topological polar surface area (TPSA) is 123 Å². The Labute approximate surface area is 223 Å². The van der Waals surface area contributed by atoms with Gasteiger partial charge in [-0.05, 0) is 61.0 Å². The van der Waals surface area contributed by atoms with Gasteiger partial charge >= 0.3 is 0 Å². The highest BCUT2D eigenvalue weighted by atomic mass is 16.2. The summed E-state index contributed by atoms with van der Waals surface area (Å²) in [5.41, 5.74) is 11.2. The first-order chi connectivity index (χ1) is 17.8. The molecule has 0 saturated carbocycles. The van der Waals surface area contributed by atoms with E-state index in [1.165, 1.54) is 0 Å². The van der Waals surface area contributed by atoms with Crippen LogP contribution in [0.2, 0.25) is 0 Å². The molecule has 2 aromatic rings. The third-order valence-electron chi connectivity index (χ3n) is 6.58. The first kappa shape index (κ1) is 27.5. The number of amides is 2. The summed E-state index contributed by atoms with van der Waals surface area (Å²) in [4.78, 5) is 37.9. The first-order valence-corrected chi connectivity index (χ1v) is 12.7. The van der Waals surface area contributed by atoms with Crippen molar-refractivity contribution in [2.45, 2.75) is 60.3 Å². The molecule has 0 spiro atoms. The Morgan fingerprint density at radius 2 is 1.89 bits per heavy atom. The molecule has 200 valence electrons. The van der Waals surface area contributed by atoms with Gasteiger partial charge in [0.2, 0.25) is 5.91 Å². The Kier molecular flexibility index (Phi) is 9.11. The maximum Gasteiger partial charge on any atom is 0.255 e. The zero-order valence-corrected chi connectivity index (χ0v) is 22.3. The number of nitrogens with zero attached hydrogens (tertiary/aromatic N) is 3. The molecule has 4 rings (SSSR count). The summed E-state index contributed by atoms with van der Waals surface area (Å²) >= 11 is 0. The van der Waals surface area contributed by atoms with Gasteiger partial charge in [-0.1, -0.05) is 39.8 Å². The highest BCUT2D eigenvalue weighted by molar-refractivity contribution is 6.06. The monoisotopic (exact) mass is 506 g/mol. The predicted molar refractivity (Wildman–Crippen MR) is 155 cm³/mol. The number of carbonyl (C=O) groups excluding carboxylic acids is 2. The molecule has 1 atom stereocenters. The second-order valence-corrected chi connectivity index (χ2v) is 9.06. The van der Waals surface area contributed by atoms with Gasteiger partial charge in [-0.2, -0.15) is 0 Å². The van der Waals surface area contributed by atoms with Crippen LogP contribution in [0.5, 0.6) is 0 Å². The van der Waals surface area contributed by atoms with Crippen LogP contribution in [0.3, 0.4) is 0 Å². The van der Waals surface area contributed by atoms with E-state index in [1.807, 2.05) is 32.9 Å². The van der Waals surface area contributed by atoms with Crippen molar-refractivity contribution in [3.8, 4) is 0 Å². The number of aromatic nitrogens is 3. The van der Waals surface area contributed by atoms with E-state index in [9.17, 15) is 9.59 Å². The van der Waals surface area contributed by atoms with Gasteiger partial charge < -0.3 is 16.4 Å². The van der Waals surface area contributed by atoms with Gasteiger partial charge in [-0.25, -0.2) is 9.97 Å². The molecular formula is C29H42N6O2. The Hall–Kier alpha value is -4.07. The maximum atomic E-state index is 13.2. The van der Waals surface area contributed by atoms with Crippen molar-refractivity contribution in [3.05, 3.63) is 83.4 Å². The van der Waals surface area contributed by atoms with Crippen LogP contribution in [0, 0.1) is 12.3 Å². The van der Waals surface area contributed by atoms with E-state index in [2.05, 4.69) is 38.6 Å². The number of allylic oxidation sites excluding steroid dienone is 5. The van der Waals surface area contributed by atoms with E-state index in [0.29, 0.717) is 34.9 Å². The van der Waals surface area contributed by atoms with Gasteiger partial charge in [-0.15, -0.1) is 0 Å². The van der Waals surface area contributed by atoms with E-state index in [0.717, 1.165) is 36.0 Å². The number of anilines is 2. The molecule has 2 aliphatic carbocycles. The fourth-order valence-electron chi connectivity index (χ4n) is 4.29. The molecule has 0 fully saturated rings. The molecule has 2 aliphatic rings. The van der Waals surface area contributed by atoms with Crippen LogP contribution in [-0.4, -0.2) is 26.8 Å². The molecule has 0 aromatic carbocycles. The Bertz CT molecular complexity index is 1290. The Balaban J connectivity index is 0.00000297. The molecule has 0 aliphatic heterocycles. The number of hydrogen-bond donors (Lipinski definition) is 3. The highest BCUT2D eigenvalue weighted by Crippen LogP contribution is 2.47. The second kappa shape index (κ2) is 12.3. The van der Waals surface area contributed by atoms with Gasteiger partial charge in [0.05, 0.1) is 23.3 Å². The lowest BCUT2D eigenvalue weighted by molar-refractivity contribution is -0.116. The van der Waals surface area contributed by atoms with Crippen molar-refractivity contribution in [3.63, 3.8) is 0 Å². The van der Waals surface area contributed by atoms with Crippen LogP contribution in [0.15, 0.2) is 71.9 Å². The minimum absolute atomic E-state index is 0. The van der Waals surface area contributed by atoms with Gasteiger partial charge in [0.1, 0.15) is 0 Å². The molecule has 2 heterocycles. The lowest BCUT2D eigenvalue weighted by Gasteiger charge is -2.37. The third-order valence-corrected chi connectivity index (χ3v) is 6.58. The molecule has 2 aromatic heterocycles. The van der Waals surface area contributed by atoms with E-state index in [1.54, 1.807) is 43.8 Å². The van der Waals surface area contributed by atoms with E-state index < -0.39 is 0 Å². The lowest BCUT2D eigenvalue weighted by atomic mass is 9.67. The number of nitrogens with two attached hydrogens (primary N) is 1. The van der Waals surface area contributed by atoms with Gasteiger partial charge in [-0.3, -0.25) is 14.6 Å². The molecule has 8 nitrogen and oxygen atoms in total. The van der Waals surface area contributed by atoms with E-state index in [4.69, 9.17) is 5.73 Å². The zero-order valence-electron chi connectivity index (χ0n) is 22.3. The molecule has 0 saturated heterocycles. The summed E-state index contributed by atoms with van der Waals surface area (Å²) in [6.45, 7) is 9.81.